The first-order valence-corrected chi connectivity index (χ1v) is 4.95. The fourth-order valence-electron chi connectivity index (χ4n) is 1.67. The number of aromatic nitrogens is 2. The van der Waals surface area contributed by atoms with Crippen LogP contribution in [0.3, 0.4) is 0 Å². The van der Waals surface area contributed by atoms with Crippen LogP contribution >= 0.6 is 0 Å². The van der Waals surface area contributed by atoms with Crippen molar-refractivity contribution < 1.29 is 4.39 Å². The number of nitrogens with zero attached hydrogens (tertiary/aromatic N) is 1. The lowest BCUT2D eigenvalue weighted by atomic mass is 10.2. The maximum atomic E-state index is 12.9. The van der Waals surface area contributed by atoms with E-state index >= 15 is 0 Å². The Bertz CT molecular complexity index is 655. The van der Waals surface area contributed by atoms with Gasteiger partial charge in [0, 0.05) is 6.04 Å². The molecule has 0 bridgehead atoms. The third-order valence-electron chi connectivity index (χ3n) is 2.41. The van der Waals surface area contributed by atoms with Gasteiger partial charge in [-0.2, -0.15) is 0 Å². The molecule has 16 heavy (non-hydrogen) atoms. The normalized spacial score (nSPS) is 11.2. The summed E-state index contributed by atoms with van der Waals surface area (Å²) >= 11 is 0. The molecule has 1 aromatic carbocycles. The van der Waals surface area contributed by atoms with E-state index in [9.17, 15) is 14.0 Å². The van der Waals surface area contributed by atoms with Crippen molar-refractivity contribution in [3.8, 4) is 0 Å². The number of hydrogen-bond acceptors (Lipinski definition) is 2. The standard InChI is InChI=1S/C11H11FN2O2/c1-6(2)14-10(15)8-4-3-7(12)5-9(8)13-11(14)16/h3-6H,1-2H3,(H,13,16). The van der Waals surface area contributed by atoms with E-state index in [4.69, 9.17) is 0 Å². The summed E-state index contributed by atoms with van der Waals surface area (Å²) in [5.41, 5.74) is -0.682. The summed E-state index contributed by atoms with van der Waals surface area (Å²) in [6, 6.07) is 3.49. The van der Waals surface area contributed by atoms with Gasteiger partial charge in [-0.15, -0.1) is 0 Å². The molecule has 0 amide bonds. The van der Waals surface area contributed by atoms with Gasteiger partial charge in [-0.1, -0.05) is 0 Å². The van der Waals surface area contributed by atoms with E-state index in [1.54, 1.807) is 13.8 Å². The molecule has 2 rings (SSSR count). The van der Waals surface area contributed by atoms with Gasteiger partial charge in [-0.25, -0.2) is 9.18 Å². The molecule has 2 aromatic rings. The van der Waals surface area contributed by atoms with Crippen LogP contribution < -0.4 is 11.2 Å². The van der Waals surface area contributed by atoms with E-state index in [0.29, 0.717) is 5.39 Å². The molecule has 4 nitrogen and oxygen atoms in total. The smallest absolute Gasteiger partial charge is 0.307 e. The number of rotatable bonds is 1. The molecule has 0 saturated heterocycles. The van der Waals surface area contributed by atoms with Crippen LogP contribution in [0.5, 0.6) is 0 Å². The molecular weight excluding hydrogens is 211 g/mol. The highest BCUT2D eigenvalue weighted by atomic mass is 19.1. The molecule has 84 valence electrons. The summed E-state index contributed by atoms with van der Waals surface area (Å²) in [6.45, 7) is 3.48. The van der Waals surface area contributed by atoms with Crippen LogP contribution in [0.15, 0.2) is 27.8 Å². The minimum absolute atomic E-state index is 0.229. The molecule has 0 aliphatic carbocycles. The lowest BCUT2D eigenvalue weighted by Gasteiger charge is -2.09. The van der Waals surface area contributed by atoms with Crippen LogP contribution in [0.1, 0.15) is 19.9 Å². The molecule has 0 aliphatic heterocycles. The van der Waals surface area contributed by atoms with Gasteiger partial charge in [-0.3, -0.25) is 9.36 Å². The topological polar surface area (TPSA) is 54.9 Å². The molecule has 0 atom stereocenters. The van der Waals surface area contributed by atoms with Crippen molar-refractivity contribution >= 4 is 10.9 Å². The van der Waals surface area contributed by atoms with E-state index in [1.165, 1.54) is 12.1 Å². The second-order valence-corrected chi connectivity index (χ2v) is 3.89. The number of fused-ring (bicyclic) bond motifs is 1. The van der Waals surface area contributed by atoms with Crippen molar-refractivity contribution in [3.05, 3.63) is 44.9 Å². The van der Waals surface area contributed by atoms with Gasteiger partial charge >= 0.3 is 5.69 Å². The number of hydrogen-bond donors (Lipinski definition) is 1. The lowest BCUT2D eigenvalue weighted by molar-refractivity contribution is 0.552. The predicted octanol–water partition coefficient (Wildman–Crippen LogP) is 1.41. The average molecular weight is 222 g/mol. The Morgan fingerprint density at radius 1 is 1.31 bits per heavy atom. The predicted molar refractivity (Wildman–Crippen MR) is 59.2 cm³/mol. The maximum absolute atomic E-state index is 12.9. The van der Waals surface area contributed by atoms with Gasteiger partial charge in [0.25, 0.3) is 5.56 Å². The summed E-state index contributed by atoms with van der Waals surface area (Å²) in [7, 11) is 0. The van der Waals surface area contributed by atoms with E-state index in [0.717, 1.165) is 10.6 Å². The van der Waals surface area contributed by atoms with Crippen molar-refractivity contribution in [3.63, 3.8) is 0 Å². The van der Waals surface area contributed by atoms with Crippen LogP contribution in [0.25, 0.3) is 10.9 Å². The molecule has 1 aromatic heterocycles. The molecule has 1 heterocycles. The highest BCUT2D eigenvalue weighted by molar-refractivity contribution is 5.77. The summed E-state index contributed by atoms with van der Waals surface area (Å²) in [5, 5.41) is 0.315. The molecule has 0 fully saturated rings. The number of benzene rings is 1. The van der Waals surface area contributed by atoms with Crippen LogP contribution in [0.2, 0.25) is 0 Å². The largest absolute Gasteiger partial charge is 0.329 e. The molecule has 0 spiro atoms. The molecule has 5 heteroatoms. The quantitative estimate of drug-likeness (QED) is 0.793. The van der Waals surface area contributed by atoms with Crippen molar-refractivity contribution in [2.24, 2.45) is 0 Å². The van der Waals surface area contributed by atoms with Crippen molar-refractivity contribution in [2.75, 3.05) is 0 Å². The van der Waals surface area contributed by atoms with Crippen molar-refractivity contribution in [1.82, 2.24) is 9.55 Å². The lowest BCUT2D eigenvalue weighted by Crippen LogP contribution is -2.36. The molecule has 0 radical (unpaired) electrons. The third kappa shape index (κ3) is 1.54. The Balaban J connectivity index is 2.95. The van der Waals surface area contributed by atoms with E-state index in [-0.39, 0.29) is 11.6 Å². The fourth-order valence-corrected chi connectivity index (χ4v) is 1.67. The highest BCUT2D eigenvalue weighted by Gasteiger charge is 2.10. The molecular formula is C11H11FN2O2. The van der Waals surface area contributed by atoms with Gasteiger partial charge in [-0.05, 0) is 32.0 Å². The Kier molecular flexibility index (Phi) is 2.38. The molecule has 0 unspecified atom stereocenters. The third-order valence-corrected chi connectivity index (χ3v) is 2.41. The van der Waals surface area contributed by atoms with Crippen LogP contribution in [0, 0.1) is 5.82 Å². The van der Waals surface area contributed by atoms with E-state index in [2.05, 4.69) is 4.98 Å². The minimum atomic E-state index is -0.516. The zero-order valence-electron chi connectivity index (χ0n) is 8.95. The highest BCUT2D eigenvalue weighted by Crippen LogP contribution is 2.08. The first kappa shape index (κ1) is 10.6. The number of nitrogens with one attached hydrogen (secondary N) is 1. The second kappa shape index (κ2) is 3.59. The summed E-state index contributed by atoms with van der Waals surface area (Å²) in [5.74, 6) is -0.482. The monoisotopic (exact) mass is 222 g/mol. The Morgan fingerprint density at radius 2 is 2.00 bits per heavy atom. The summed E-state index contributed by atoms with van der Waals surface area (Å²) < 4.78 is 14.0. The SMILES string of the molecule is CC(C)n1c(=O)[nH]c2cc(F)ccc2c1=O. The Hall–Kier alpha value is -1.91. The average Bonchev–Trinajstić information content (AvgIpc) is 2.15. The second-order valence-electron chi connectivity index (χ2n) is 3.89. The Morgan fingerprint density at radius 3 is 2.62 bits per heavy atom. The van der Waals surface area contributed by atoms with Gasteiger partial charge in [0.2, 0.25) is 0 Å². The number of H-pyrrole nitrogens is 1. The van der Waals surface area contributed by atoms with Crippen molar-refractivity contribution in [1.29, 1.82) is 0 Å². The van der Waals surface area contributed by atoms with Crippen molar-refractivity contribution in [2.45, 2.75) is 19.9 Å². The zero-order valence-corrected chi connectivity index (χ0v) is 8.95. The molecule has 0 saturated carbocycles. The molecule has 1 N–H and O–H groups in total. The number of aromatic amines is 1. The first-order chi connectivity index (χ1) is 7.50. The van der Waals surface area contributed by atoms with Crippen LogP contribution in [-0.4, -0.2) is 9.55 Å². The fraction of sp³-hybridized carbons (Fsp3) is 0.273. The first-order valence-electron chi connectivity index (χ1n) is 4.95. The summed E-state index contributed by atoms with van der Waals surface area (Å²) in [6.07, 6.45) is 0. The van der Waals surface area contributed by atoms with Crippen LogP contribution in [0.4, 0.5) is 4.39 Å². The maximum Gasteiger partial charge on any atom is 0.329 e. The molecule has 0 aliphatic rings. The zero-order chi connectivity index (χ0) is 11.9. The van der Waals surface area contributed by atoms with Gasteiger partial charge in [0.1, 0.15) is 5.82 Å². The summed E-state index contributed by atoms with van der Waals surface area (Å²) in [4.78, 5) is 26.0. The number of halogens is 1. The van der Waals surface area contributed by atoms with E-state index in [1.807, 2.05) is 0 Å². The van der Waals surface area contributed by atoms with E-state index < -0.39 is 17.1 Å². The minimum Gasteiger partial charge on any atom is -0.307 e. The van der Waals surface area contributed by atoms with Crippen LogP contribution in [-0.2, 0) is 0 Å². The van der Waals surface area contributed by atoms with Gasteiger partial charge in [0.15, 0.2) is 0 Å². The van der Waals surface area contributed by atoms with Gasteiger partial charge in [0.05, 0.1) is 10.9 Å². The Labute approximate surface area is 90.3 Å². The van der Waals surface area contributed by atoms with Gasteiger partial charge < -0.3 is 4.98 Å².